The number of benzene rings is 8. The van der Waals surface area contributed by atoms with Crippen LogP contribution in [0.25, 0.3) is 0 Å². The molecule has 10 aliphatic heterocycles. The lowest BCUT2D eigenvalue weighted by Gasteiger charge is -2.19. The monoisotopic (exact) mass is 988 g/mol. The van der Waals surface area contributed by atoms with Gasteiger partial charge < -0.3 is 37.9 Å². The molecule has 0 unspecified atom stereocenters. The molecule has 376 valence electrons. The lowest BCUT2D eigenvalue weighted by Crippen LogP contribution is -2.03. The van der Waals surface area contributed by atoms with Crippen LogP contribution in [0.1, 0.15) is 66.8 Å². The normalized spacial score (nSPS) is 12.4. The lowest BCUT2D eigenvalue weighted by atomic mass is 9.95. The summed E-state index contributed by atoms with van der Waals surface area (Å²) in [5.41, 5.74) is 14.3. The van der Waals surface area contributed by atoms with E-state index >= 15 is 0 Å². The first kappa shape index (κ1) is 50.3. The van der Waals surface area contributed by atoms with E-state index in [2.05, 4.69) is 24.3 Å². The van der Waals surface area contributed by atoms with Gasteiger partial charge in [-0.3, -0.25) is 0 Å². The molecule has 0 fully saturated rings. The van der Waals surface area contributed by atoms with Gasteiger partial charge in [-0.25, -0.2) is 0 Å². The van der Waals surface area contributed by atoms with Gasteiger partial charge in [-0.1, -0.05) is 72.8 Å². The van der Waals surface area contributed by atoms with Gasteiger partial charge in [0, 0.05) is 83.0 Å². The Labute approximate surface area is 433 Å². The molecule has 10 heterocycles. The van der Waals surface area contributed by atoms with Crippen LogP contribution in [-0.4, -0.2) is 56.9 Å². The van der Waals surface area contributed by atoms with Crippen molar-refractivity contribution < 1.29 is 37.9 Å². The second kappa shape index (κ2) is 23.3. The molecule has 18 rings (SSSR count). The van der Waals surface area contributed by atoms with E-state index in [0.717, 1.165) is 113 Å². The van der Waals surface area contributed by atoms with Crippen LogP contribution in [0.5, 0.6) is 46.0 Å². The second-order valence-electron chi connectivity index (χ2n) is 17.9. The van der Waals surface area contributed by atoms with Crippen LogP contribution < -0.4 is 37.9 Å². The summed E-state index contributed by atoms with van der Waals surface area (Å²) in [6.45, 7) is 0. The van der Waals surface area contributed by atoms with Crippen LogP contribution in [0.3, 0.4) is 0 Å². The van der Waals surface area contributed by atoms with Gasteiger partial charge in [0.05, 0.1) is 79.6 Å². The topological polar surface area (TPSA) is 123 Å². The van der Waals surface area contributed by atoms with Crippen molar-refractivity contribution >= 4 is 22.7 Å². The SMILES string of the molecule is COc1cc2c(OC)cc1Cc1ccccc1N=Nc1ccccc1Cc1cc(OC)c(cc1OC)Cc1cc(OC)c(cc1OC)Cc1ccccc1N=Nc1ccccc1Cc1cc(OC)c(cc1OC)C2. The van der Waals surface area contributed by atoms with E-state index in [0.29, 0.717) is 61.5 Å². The molecule has 0 aromatic heterocycles. The molecule has 12 heteroatoms. The predicted molar refractivity (Wildman–Crippen MR) is 289 cm³/mol. The maximum atomic E-state index is 6.08. The number of ether oxygens (including phenoxy) is 8. The zero-order valence-electron chi connectivity index (χ0n) is 43.2. The first-order valence-corrected chi connectivity index (χ1v) is 24.4. The van der Waals surface area contributed by atoms with Crippen LogP contribution >= 0.6 is 0 Å². The van der Waals surface area contributed by atoms with Crippen molar-refractivity contribution in [3.8, 4) is 46.0 Å². The zero-order chi connectivity index (χ0) is 51.6. The molecule has 8 aromatic carbocycles. The standard InChI is InChI=1S/C62H60N4O8/c1-67-55-35-47-29-48-36-56(68-2)44(32-60(48)72-6)26-41-19-11-15-23-53(41)65-66-54-24-16-12-20-42(54)28-46-34-62(74-8)50(38-58(46)70-4)30-49-37-57(69-3)45(33-61(49)73-7)27-40-18-10-14-22-52(40)64-63-51-21-13-9-17-39(51)25-43(55)31-59(47)71-5/h9-24,31-38H,25-30H2,1-8H3. The predicted octanol–water partition coefficient (Wildman–Crippen LogP) is 14.4. The summed E-state index contributed by atoms with van der Waals surface area (Å²) in [4.78, 5) is 0. The first-order chi connectivity index (χ1) is 36.3. The highest BCUT2D eigenvalue weighted by Gasteiger charge is 2.21. The molecule has 0 aliphatic carbocycles. The number of azo groups is 2. The van der Waals surface area contributed by atoms with Gasteiger partial charge in [0.1, 0.15) is 46.0 Å². The van der Waals surface area contributed by atoms with Crippen molar-refractivity contribution in [2.75, 3.05) is 56.9 Å². The second-order valence-corrected chi connectivity index (χ2v) is 17.9. The summed E-state index contributed by atoms with van der Waals surface area (Å²) in [5.74, 6) is 5.75. The molecule has 12 nitrogen and oxygen atoms in total. The van der Waals surface area contributed by atoms with Crippen molar-refractivity contribution in [3.05, 3.63) is 212 Å². The van der Waals surface area contributed by atoms with E-state index in [9.17, 15) is 0 Å². The van der Waals surface area contributed by atoms with Gasteiger partial charge >= 0.3 is 0 Å². The number of hydrogen-bond acceptors (Lipinski definition) is 12. The molecule has 8 bridgehead atoms. The van der Waals surface area contributed by atoms with Crippen molar-refractivity contribution in [3.63, 3.8) is 0 Å². The number of methoxy groups -OCH3 is 8. The largest absolute Gasteiger partial charge is 0.496 e. The minimum atomic E-state index is 0.486. The van der Waals surface area contributed by atoms with Gasteiger partial charge in [-0.2, -0.15) is 20.5 Å². The molecule has 0 atom stereocenters. The third-order valence-corrected chi connectivity index (χ3v) is 13.5. The maximum Gasteiger partial charge on any atom is 0.122 e. The van der Waals surface area contributed by atoms with Crippen LogP contribution in [0.4, 0.5) is 22.7 Å². The number of rotatable bonds is 8. The van der Waals surface area contributed by atoms with Gasteiger partial charge in [0.2, 0.25) is 0 Å². The fourth-order valence-corrected chi connectivity index (χ4v) is 9.68. The van der Waals surface area contributed by atoms with Gasteiger partial charge in [-0.05, 0) is 95.1 Å². The average molecular weight is 989 g/mol. The molecule has 0 spiro atoms. The Balaban J connectivity index is 1.16. The van der Waals surface area contributed by atoms with Gasteiger partial charge in [0.25, 0.3) is 0 Å². The third-order valence-electron chi connectivity index (χ3n) is 13.5. The molecule has 0 saturated heterocycles. The fourth-order valence-electron chi connectivity index (χ4n) is 9.68. The summed E-state index contributed by atoms with van der Waals surface area (Å²) in [6, 6.07) is 48.4. The van der Waals surface area contributed by atoms with Crippen LogP contribution in [-0.2, 0) is 38.5 Å². The smallest absolute Gasteiger partial charge is 0.122 e. The summed E-state index contributed by atoms with van der Waals surface area (Å²) in [6.07, 6.45) is 3.04. The molecular formula is C62H60N4O8. The van der Waals surface area contributed by atoms with E-state index in [1.54, 1.807) is 56.9 Å². The summed E-state index contributed by atoms with van der Waals surface area (Å²) < 4.78 is 48.6. The molecule has 0 radical (unpaired) electrons. The average Bonchev–Trinajstić information content (AvgIpc) is 3.43. The molecule has 74 heavy (non-hydrogen) atoms. The van der Waals surface area contributed by atoms with Crippen molar-refractivity contribution in [2.45, 2.75) is 38.5 Å². The van der Waals surface area contributed by atoms with E-state index in [4.69, 9.17) is 58.4 Å². The Kier molecular flexibility index (Phi) is 15.8. The van der Waals surface area contributed by atoms with E-state index in [1.165, 1.54) is 0 Å². The van der Waals surface area contributed by atoms with Gasteiger partial charge in [0.15, 0.2) is 0 Å². The molecule has 0 N–H and O–H groups in total. The number of nitrogens with zero attached hydrogens (tertiary/aromatic N) is 4. The van der Waals surface area contributed by atoms with E-state index in [1.807, 2.05) is 121 Å². The highest BCUT2D eigenvalue weighted by Crippen LogP contribution is 2.41. The van der Waals surface area contributed by atoms with Crippen LogP contribution in [0.2, 0.25) is 0 Å². The zero-order valence-corrected chi connectivity index (χ0v) is 43.2. The Morgan fingerprint density at radius 2 is 0.365 bits per heavy atom. The Hall–Kier alpha value is -8.64. The first-order valence-electron chi connectivity index (χ1n) is 24.4. The summed E-state index contributed by atoms with van der Waals surface area (Å²) in [7, 11) is 13.5. The molecule has 0 saturated carbocycles. The molecule has 8 aromatic rings. The van der Waals surface area contributed by atoms with E-state index < -0.39 is 0 Å². The Morgan fingerprint density at radius 1 is 0.216 bits per heavy atom. The maximum absolute atomic E-state index is 6.08. The van der Waals surface area contributed by atoms with Crippen molar-refractivity contribution in [2.24, 2.45) is 20.5 Å². The summed E-state index contributed by atoms with van der Waals surface area (Å²) >= 11 is 0. The third kappa shape index (κ3) is 11.0. The lowest BCUT2D eigenvalue weighted by molar-refractivity contribution is 0.391. The summed E-state index contributed by atoms with van der Waals surface area (Å²) in [5, 5.41) is 19.5. The molecule has 0 amide bonds. The Morgan fingerprint density at radius 3 is 0.527 bits per heavy atom. The fraction of sp³-hybridized carbons (Fsp3) is 0.226. The minimum absolute atomic E-state index is 0.486. The molecule has 10 aliphatic rings. The van der Waals surface area contributed by atoms with Crippen LogP contribution in [0, 0.1) is 0 Å². The van der Waals surface area contributed by atoms with Gasteiger partial charge in [-0.15, -0.1) is 0 Å². The Bertz CT molecular complexity index is 2930. The van der Waals surface area contributed by atoms with Crippen molar-refractivity contribution in [1.82, 2.24) is 0 Å². The quantitative estimate of drug-likeness (QED) is 0.147. The van der Waals surface area contributed by atoms with Crippen molar-refractivity contribution in [1.29, 1.82) is 0 Å². The van der Waals surface area contributed by atoms with E-state index in [-0.39, 0.29) is 0 Å². The molecular weight excluding hydrogens is 929 g/mol. The minimum Gasteiger partial charge on any atom is -0.496 e. The highest BCUT2D eigenvalue weighted by atomic mass is 16.5. The highest BCUT2D eigenvalue weighted by molar-refractivity contribution is 5.60. The van der Waals surface area contributed by atoms with Crippen LogP contribution in [0.15, 0.2) is 166 Å². The number of hydrogen-bond donors (Lipinski definition) is 0.